The lowest BCUT2D eigenvalue weighted by atomic mass is 15.9. The highest BCUT2D eigenvalue weighted by Crippen LogP contribution is 0.759. The molecule has 0 spiro atoms. The van der Waals surface area contributed by atoms with Crippen molar-refractivity contribution < 1.29 is 30.8 Å². The monoisotopic (exact) mass is 132 g/mol. The highest BCUT2D eigenvalue weighted by Gasteiger charge is 1.22. The van der Waals surface area contributed by atoms with Crippen molar-refractivity contribution in [2.24, 2.45) is 0 Å². The first-order valence-corrected chi connectivity index (χ1v) is 1.22. The van der Waals surface area contributed by atoms with Crippen LogP contribution < -0.4 is 0 Å². The van der Waals surface area contributed by atoms with Gasteiger partial charge >= 0.3 is 9.29 Å². The van der Waals surface area contributed by atoms with Gasteiger partial charge in [0.05, 0.1) is 0 Å². The SMILES string of the molecule is O.O.O.O.O=[Si]=O. The van der Waals surface area contributed by atoms with E-state index in [1.807, 2.05) is 0 Å². The minimum absolute atomic E-state index is 0. The minimum Gasteiger partial charge on any atom is -0.412 e. The summed E-state index contributed by atoms with van der Waals surface area (Å²) in [5.74, 6) is 0. The number of hydrogen-bond acceptors (Lipinski definition) is 2. The van der Waals surface area contributed by atoms with Crippen molar-refractivity contribution in [3.63, 3.8) is 0 Å². The Morgan fingerprint density at radius 1 is 0.714 bits per heavy atom. The second-order valence-corrected chi connectivity index (χ2v) is 0.250. The minimum atomic E-state index is -1.42. The van der Waals surface area contributed by atoms with Crippen molar-refractivity contribution >= 4 is 9.29 Å². The Kier molecular flexibility index (Phi) is 3150. The highest BCUT2D eigenvalue weighted by atomic mass is 28.2. The lowest BCUT2D eigenvalue weighted by Gasteiger charge is -0.944. The van der Waals surface area contributed by atoms with E-state index in [1.54, 1.807) is 0 Å². The van der Waals surface area contributed by atoms with Crippen LogP contribution in [-0.4, -0.2) is 31.2 Å². The Hall–Kier alpha value is -0.343. The van der Waals surface area contributed by atoms with Crippen LogP contribution in [0.2, 0.25) is 0 Å². The Balaban J connectivity index is -0.00000000333. The van der Waals surface area contributed by atoms with Crippen LogP contribution in [0.5, 0.6) is 0 Å². The summed E-state index contributed by atoms with van der Waals surface area (Å²) in [6.45, 7) is 0. The molecule has 0 radical (unpaired) electrons. The van der Waals surface area contributed by atoms with Gasteiger partial charge in [0.15, 0.2) is 0 Å². The van der Waals surface area contributed by atoms with Crippen molar-refractivity contribution in [3.05, 3.63) is 0 Å². The summed E-state index contributed by atoms with van der Waals surface area (Å²) < 4.78 is 16.8. The van der Waals surface area contributed by atoms with Crippen molar-refractivity contribution in [3.8, 4) is 0 Å². The normalized spacial score (nSPS) is 1.14. The summed E-state index contributed by atoms with van der Waals surface area (Å²) >= 11 is 0. The van der Waals surface area contributed by atoms with Gasteiger partial charge in [0, 0.05) is 0 Å². The predicted octanol–water partition coefficient (Wildman–Crippen LogP) is -3.92. The first-order valence-electron chi connectivity index (χ1n) is 0.408. The van der Waals surface area contributed by atoms with Crippen LogP contribution in [0.3, 0.4) is 0 Å². The number of hydrogen-bond donors (Lipinski definition) is 0. The molecule has 0 aromatic rings. The molecule has 7 heteroatoms. The standard InChI is InChI=1S/O2Si.4H2O/c1-3-2;;;;/h;4*1H2. The topological polar surface area (TPSA) is 160 Å². The largest absolute Gasteiger partial charge is 0.549 e. The maximum absolute atomic E-state index is 8.40. The molecule has 0 amide bonds. The van der Waals surface area contributed by atoms with Gasteiger partial charge in [0.1, 0.15) is 0 Å². The van der Waals surface area contributed by atoms with E-state index >= 15 is 0 Å². The lowest BCUT2D eigenvalue weighted by molar-refractivity contribution is 0.497. The average molecular weight is 132 g/mol. The van der Waals surface area contributed by atoms with Gasteiger partial charge in [-0.15, -0.1) is 0 Å². The van der Waals surface area contributed by atoms with E-state index in [9.17, 15) is 0 Å². The molecule has 0 aliphatic rings. The van der Waals surface area contributed by atoms with Crippen molar-refractivity contribution in [1.82, 2.24) is 0 Å². The van der Waals surface area contributed by atoms with E-state index in [2.05, 4.69) is 0 Å². The summed E-state index contributed by atoms with van der Waals surface area (Å²) in [5, 5.41) is 0. The molecular weight excluding hydrogens is 124 g/mol. The molecule has 0 atom stereocenters. The first-order chi connectivity index (χ1) is 1.41. The van der Waals surface area contributed by atoms with Gasteiger partial charge in [-0.1, -0.05) is 0 Å². The van der Waals surface area contributed by atoms with Crippen LogP contribution in [0, 0.1) is 0 Å². The Labute approximate surface area is 41.3 Å². The highest BCUT2D eigenvalue weighted by molar-refractivity contribution is 5.94. The third-order valence-corrected chi connectivity index (χ3v) is 0. The van der Waals surface area contributed by atoms with E-state index in [4.69, 9.17) is 8.92 Å². The van der Waals surface area contributed by atoms with Crippen LogP contribution in [0.1, 0.15) is 0 Å². The van der Waals surface area contributed by atoms with Gasteiger partial charge in [-0.05, 0) is 0 Å². The maximum Gasteiger partial charge on any atom is 0.549 e. The Morgan fingerprint density at radius 2 is 0.714 bits per heavy atom. The Morgan fingerprint density at radius 3 is 0.714 bits per heavy atom. The van der Waals surface area contributed by atoms with Crippen LogP contribution in [0.4, 0.5) is 0 Å². The van der Waals surface area contributed by atoms with E-state index in [0.29, 0.717) is 0 Å². The van der Waals surface area contributed by atoms with Gasteiger partial charge in [0.25, 0.3) is 0 Å². The fraction of sp³-hybridized carbons (Fsp3) is 0. The molecule has 0 saturated heterocycles. The fourth-order valence-corrected chi connectivity index (χ4v) is 0. The van der Waals surface area contributed by atoms with E-state index in [-0.39, 0.29) is 21.9 Å². The summed E-state index contributed by atoms with van der Waals surface area (Å²) in [6, 6.07) is 0. The Bertz CT molecular complexity index is 25.2. The third-order valence-electron chi connectivity index (χ3n) is 0. The summed E-state index contributed by atoms with van der Waals surface area (Å²) in [5.41, 5.74) is 0. The molecule has 0 aromatic heterocycles. The molecule has 6 nitrogen and oxygen atoms in total. The van der Waals surface area contributed by atoms with Gasteiger partial charge in [-0.3, -0.25) is 8.92 Å². The quantitative estimate of drug-likeness (QED) is 0.308. The molecule has 0 rings (SSSR count). The molecule has 7 heavy (non-hydrogen) atoms. The molecule has 0 saturated carbocycles. The van der Waals surface area contributed by atoms with Crippen LogP contribution in [0.15, 0.2) is 0 Å². The molecule has 0 heterocycles. The smallest absolute Gasteiger partial charge is 0.412 e. The van der Waals surface area contributed by atoms with Gasteiger partial charge < -0.3 is 21.9 Å². The maximum atomic E-state index is 8.40. The molecule has 0 unspecified atom stereocenters. The average Bonchev–Trinajstić information content (AvgIpc) is 0.918. The van der Waals surface area contributed by atoms with E-state index in [0.717, 1.165) is 0 Å². The van der Waals surface area contributed by atoms with Crippen LogP contribution in [0.25, 0.3) is 0 Å². The van der Waals surface area contributed by atoms with Crippen molar-refractivity contribution in [2.75, 3.05) is 0 Å². The fourth-order valence-electron chi connectivity index (χ4n) is 0. The molecule has 0 aliphatic heterocycles. The summed E-state index contributed by atoms with van der Waals surface area (Å²) in [7, 11) is -1.42. The van der Waals surface area contributed by atoms with Gasteiger partial charge in [-0.25, -0.2) is 0 Å². The van der Waals surface area contributed by atoms with Gasteiger partial charge in [0.2, 0.25) is 0 Å². The first kappa shape index (κ1) is 77.6. The zero-order chi connectivity index (χ0) is 2.71. The third kappa shape index (κ3) is 643. The predicted molar refractivity (Wildman–Crippen MR) is 21.6 cm³/mol. The molecule has 48 valence electrons. The second-order valence-electron chi connectivity index (χ2n) is 0.0833. The summed E-state index contributed by atoms with van der Waals surface area (Å²) in [6.07, 6.45) is 0. The molecule has 0 aromatic carbocycles. The molecule has 8 N–H and O–H groups in total. The molecule has 0 bridgehead atoms. The molecule has 0 fully saturated rings. The number of rotatable bonds is 0. The second kappa shape index (κ2) is 284. The van der Waals surface area contributed by atoms with Crippen molar-refractivity contribution in [1.29, 1.82) is 0 Å². The molecule has 0 aliphatic carbocycles. The lowest BCUT2D eigenvalue weighted by Crippen LogP contribution is -1.26. The zero-order valence-corrected chi connectivity index (χ0v) is 4.32. The van der Waals surface area contributed by atoms with E-state index in [1.165, 1.54) is 0 Å². The van der Waals surface area contributed by atoms with Crippen LogP contribution in [-0.2, 0) is 8.92 Å². The van der Waals surface area contributed by atoms with E-state index < -0.39 is 9.29 Å². The van der Waals surface area contributed by atoms with Crippen LogP contribution >= 0.6 is 0 Å². The van der Waals surface area contributed by atoms with Gasteiger partial charge in [-0.2, -0.15) is 0 Å². The summed E-state index contributed by atoms with van der Waals surface area (Å²) in [4.78, 5) is 0. The van der Waals surface area contributed by atoms with Crippen molar-refractivity contribution in [2.45, 2.75) is 0 Å². The zero-order valence-electron chi connectivity index (χ0n) is 3.32. The molecular formula is H8O6Si.